The van der Waals surface area contributed by atoms with Gasteiger partial charge in [0.05, 0.1) is 46.9 Å². The number of aliphatic hydroxyl groups is 2. The highest BCUT2D eigenvalue weighted by Gasteiger charge is 2.53. The van der Waals surface area contributed by atoms with Crippen molar-refractivity contribution in [3.05, 3.63) is 41.2 Å². The van der Waals surface area contributed by atoms with Crippen LogP contribution in [-0.4, -0.2) is 98.9 Å². The Kier molecular flexibility index (Phi) is 7.95. The van der Waals surface area contributed by atoms with E-state index in [2.05, 4.69) is 19.9 Å². The third kappa shape index (κ3) is 5.66. The first-order valence-corrected chi connectivity index (χ1v) is 16.8. The summed E-state index contributed by atoms with van der Waals surface area (Å²) >= 11 is 12.3. The van der Waals surface area contributed by atoms with Crippen molar-refractivity contribution in [1.29, 1.82) is 0 Å². The van der Waals surface area contributed by atoms with Crippen molar-refractivity contribution in [2.75, 3.05) is 18.9 Å². The van der Waals surface area contributed by atoms with Gasteiger partial charge in [-0.1, -0.05) is 23.2 Å². The molecular formula is C22H23Cl2N7O12P2. The SMILES string of the molecule is Nc1ncnc2c1ncn2[C@@H]1O[C@@H]2COP(=O)(O)OC3C(O)[C@@H](COP(=O)(O)OC2C1O)O[C@H]3n1cnc2cc(Cl)c(Cl)cc21. The molecule has 6 heterocycles. The van der Waals surface area contributed by atoms with Crippen LogP contribution in [0.1, 0.15) is 12.5 Å². The number of aromatic nitrogens is 6. The number of aliphatic hydroxyl groups excluding tert-OH is 2. The van der Waals surface area contributed by atoms with E-state index in [1.165, 1.54) is 33.9 Å². The lowest BCUT2D eigenvalue weighted by atomic mass is 10.1. The van der Waals surface area contributed by atoms with Gasteiger partial charge in [-0.05, 0) is 12.1 Å². The van der Waals surface area contributed by atoms with Gasteiger partial charge < -0.3 is 39.8 Å². The second-order valence-electron chi connectivity index (χ2n) is 10.3. The van der Waals surface area contributed by atoms with E-state index in [1.54, 1.807) is 0 Å². The molecule has 1 aromatic carbocycles. The fourth-order valence-electron chi connectivity index (χ4n) is 5.39. The Balaban J connectivity index is 1.20. The van der Waals surface area contributed by atoms with Crippen LogP contribution in [0.5, 0.6) is 0 Å². The zero-order valence-electron chi connectivity index (χ0n) is 22.4. The molecule has 45 heavy (non-hydrogen) atoms. The fraction of sp³-hybridized carbons (Fsp3) is 0.455. The van der Waals surface area contributed by atoms with Gasteiger partial charge in [0, 0.05) is 0 Å². The second kappa shape index (κ2) is 11.4. The number of anilines is 1. The van der Waals surface area contributed by atoms with E-state index >= 15 is 0 Å². The Labute approximate surface area is 261 Å². The molecule has 4 aromatic rings. The summed E-state index contributed by atoms with van der Waals surface area (Å²) < 4.78 is 61.7. The summed E-state index contributed by atoms with van der Waals surface area (Å²) in [6.07, 6.45) is -8.39. The number of phosphoric ester groups is 2. The lowest BCUT2D eigenvalue weighted by Gasteiger charge is -2.26. The summed E-state index contributed by atoms with van der Waals surface area (Å²) in [7, 11) is -10.1. The van der Waals surface area contributed by atoms with E-state index in [0.717, 1.165) is 6.33 Å². The minimum atomic E-state index is -5.05. The van der Waals surface area contributed by atoms with Crippen LogP contribution in [0.15, 0.2) is 31.1 Å². The zero-order chi connectivity index (χ0) is 31.8. The number of hydrogen-bond donors (Lipinski definition) is 5. The first-order valence-electron chi connectivity index (χ1n) is 13.0. The Morgan fingerprint density at radius 2 is 1.47 bits per heavy atom. The molecule has 6 unspecified atom stereocenters. The number of halogens is 2. The third-order valence-electron chi connectivity index (χ3n) is 7.49. The van der Waals surface area contributed by atoms with Gasteiger partial charge in [-0.25, -0.2) is 29.1 Å². The predicted octanol–water partition coefficient (Wildman–Crippen LogP) is 1.30. The highest BCUT2D eigenvalue weighted by molar-refractivity contribution is 7.47. The number of nitrogen functional groups attached to an aromatic ring is 1. The molecule has 23 heteroatoms. The molecular weight excluding hydrogens is 687 g/mol. The molecule has 3 aliphatic heterocycles. The lowest BCUT2D eigenvalue weighted by molar-refractivity contribution is -0.0671. The Hall–Kier alpha value is -2.32. The predicted molar refractivity (Wildman–Crippen MR) is 151 cm³/mol. The minimum Gasteiger partial charge on any atom is -0.387 e. The average molecular weight is 710 g/mol. The summed E-state index contributed by atoms with van der Waals surface area (Å²) in [5, 5.41) is 22.6. The van der Waals surface area contributed by atoms with Gasteiger partial charge >= 0.3 is 15.6 Å². The summed E-state index contributed by atoms with van der Waals surface area (Å²) in [5.74, 6) is 0.0490. The van der Waals surface area contributed by atoms with E-state index in [-0.39, 0.29) is 27.0 Å². The molecule has 3 saturated heterocycles. The molecule has 6 N–H and O–H groups in total. The number of nitrogens with two attached hydrogens (primary N) is 1. The summed E-state index contributed by atoms with van der Waals surface area (Å²) in [6.45, 7) is -1.54. The number of rotatable bonds is 2. The second-order valence-corrected chi connectivity index (χ2v) is 13.9. The summed E-state index contributed by atoms with van der Waals surface area (Å²) in [6, 6.07) is 2.95. The highest BCUT2D eigenvalue weighted by atomic mass is 35.5. The number of imidazole rings is 2. The molecule has 0 amide bonds. The van der Waals surface area contributed by atoms with Crippen LogP contribution in [-0.2, 0) is 36.7 Å². The standard InChI is InChI=1S/C22H23Cl2N7O12P2/c23-8-1-10-11(2-9(8)24)30(6-28-10)22-18-15(32)12(40-22)3-38-44(34,35)42-17-13(4-39-45(36,37)43-18)41-21(16(17)33)31-7-29-14-19(25)26-5-27-20(14)31/h1-2,5-7,12-13,15-18,21-22,32-33H,3-4H2,(H,34,35)(H,36,37)(H2,25,26,27)/t12-,13-,15?,16?,17?,18?,21-,22-/m1/s1. The summed E-state index contributed by atoms with van der Waals surface area (Å²) in [4.78, 5) is 37.6. The lowest BCUT2D eigenvalue weighted by Crippen LogP contribution is -2.36. The van der Waals surface area contributed by atoms with E-state index in [4.69, 9.17) is 56.5 Å². The number of fused-ring (bicyclic) bond motifs is 5. The number of nitrogens with zero attached hydrogens (tertiary/aromatic N) is 6. The zero-order valence-corrected chi connectivity index (χ0v) is 25.7. The molecule has 242 valence electrons. The number of phosphoric acid groups is 2. The van der Waals surface area contributed by atoms with Gasteiger partial charge in [0.1, 0.15) is 48.5 Å². The normalized spacial score (nSPS) is 37.7. The molecule has 3 aliphatic rings. The van der Waals surface area contributed by atoms with Gasteiger partial charge in [0.2, 0.25) is 0 Å². The molecule has 0 aliphatic carbocycles. The molecule has 2 bridgehead atoms. The van der Waals surface area contributed by atoms with Crippen molar-refractivity contribution in [2.45, 2.75) is 49.1 Å². The molecule has 0 radical (unpaired) electrons. The van der Waals surface area contributed by atoms with Crippen LogP contribution in [0.2, 0.25) is 10.0 Å². The van der Waals surface area contributed by atoms with Crippen LogP contribution >= 0.6 is 38.8 Å². The third-order valence-corrected chi connectivity index (χ3v) is 10.2. The van der Waals surface area contributed by atoms with Crippen LogP contribution in [0, 0.1) is 0 Å². The van der Waals surface area contributed by atoms with Crippen molar-refractivity contribution in [2.24, 2.45) is 0 Å². The fourth-order valence-corrected chi connectivity index (χ4v) is 7.61. The highest BCUT2D eigenvalue weighted by Crippen LogP contribution is 2.54. The van der Waals surface area contributed by atoms with Crippen LogP contribution in [0.3, 0.4) is 0 Å². The van der Waals surface area contributed by atoms with Crippen molar-refractivity contribution in [3.63, 3.8) is 0 Å². The summed E-state index contributed by atoms with van der Waals surface area (Å²) in [5.41, 5.74) is 6.94. The van der Waals surface area contributed by atoms with Crippen LogP contribution in [0.25, 0.3) is 22.2 Å². The van der Waals surface area contributed by atoms with E-state index in [9.17, 15) is 29.1 Å². The maximum atomic E-state index is 13.2. The molecule has 3 aromatic heterocycles. The molecule has 7 rings (SSSR count). The average Bonchev–Trinajstić information content (AvgIpc) is 3.73. The molecule has 10 atom stereocenters. The van der Waals surface area contributed by atoms with E-state index in [0.29, 0.717) is 11.0 Å². The van der Waals surface area contributed by atoms with Crippen molar-refractivity contribution < 1.29 is 56.7 Å². The number of hydrogen-bond acceptors (Lipinski definition) is 15. The van der Waals surface area contributed by atoms with Gasteiger partial charge in [-0.2, -0.15) is 0 Å². The monoisotopic (exact) mass is 709 g/mol. The topological polar surface area (TPSA) is 258 Å². The van der Waals surface area contributed by atoms with Crippen LogP contribution in [0.4, 0.5) is 5.82 Å². The maximum Gasteiger partial charge on any atom is 0.472 e. The van der Waals surface area contributed by atoms with Gasteiger partial charge in [0.25, 0.3) is 0 Å². The molecule has 0 saturated carbocycles. The van der Waals surface area contributed by atoms with Crippen molar-refractivity contribution >= 4 is 66.9 Å². The van der Waals surface area contributed by atoms with Gasteiger partial charge in [-0.15, -0.1) is 0 Å². The largest absolute Gasteiger partial charge is 0.472 e. The van der Waals surface area contributed by atoms with E-state index < -0.39 is 77.9 Å². The molecule has 19 nitrogen and oxygen atoms in total. The molecule has 3 fully saturated rings. The first-order chi connectivity index (χ1) is 21.3. The Morgan fingerprint density at radius 1 is 0.822 bits per heavy atom. The van der Waals surface area contributed by atoms with Gasteiger partial charge in [-0.3, -0.25) is 22.7 Å². The van der Waals surface area contributed by atoms with E-state index in [1.807, 2.05) is 0 Å². The number of benzene rings is 1. The van der Waals surface area contributed by atoms with Gasteiger partial charge in [0.15, 0.2) is 23.9 Å². The molecule has 0 spiro atoms. The first kappa shape index (κ1) is 31.3. The smallest absolute Gasteiger partial charge is 0.387 e. The minimum absolute atomic E-state index is 0.0490. The Bertz CT molecular complexity index is 1880. The quantitative estimate of drug-likeness (QED) is 0.184. The maximum absolute atomic E-state index is 13.2. The van der Waals surface area contributed by atoms with Crippen molar-refractivity contribution in [1.82, 2.24) is 29.1 Å². The van der Waals surface area contributed by atoms with Crippen LogP contribution < -0.4 is 5.73 Å². The number of ether oxygens (including phenoxy) is 2. The Morgan fingerprint density at radius 3 is 2.22 bits per heavy atom. The van der Waals surface area contributed by atoms with Crippen molar-refractivity contribution in [3.8, 4) is 0 Å².